The number of epoxide rings is 1. The Kier molecular flexibility index (Phi) is 1.69. The lowest BCUT2D eigenvalue weighted by atomic mass is 10.5. The minimum atomic E-state index is 0.282. The van der Waals surface area contributed by atoms with Gasteiger partial charge in [0.05, 0.1) is 6.61 Å². The summed E-state index contributed by atoms with van der Waals surface area (Å²) in [6, 6.07) is 1.72. The topological polar surface area (TPSA) is 47.5 Å². The van der Waals surface area contributed by atoms with Crippen molar-refractivity contribution in [2.45, 2.75) is 6.10 Å². The molecule has 0 aliphatic carbocycles. The van der Waals surface area contributed by atoms with Crippen LogP contribution in [0.2, 0.25) is 0 Å². The molecule has 0 amide bonds. The maximum absolute atomic E-state index is 5.25. The molecule has 0 aromatic carbocycles. The van der Waals surface area contributed by atoms with Crippen molar-refractivity contribution in [1.29, 1.82) is 0 Å². The summed E-state index contributed by atoms with van der Waals surface area (Å²) in [5.41, 5.74) is 0. The highest BCUT2D eigenvalue weighted by atomic mass is 16.6. The standard InChI is InChI=1S/C7H8N2O2/c1-2-8-5-9-7(1)11-4-6-3-10-6/h1-2,5-6H,3-4H2. The summed E-state index contributed by atoms with van der Waals surface area (Å²) in [6.45, 7) is 1.40. The van der Waals surface area contributed by atoms with E-state index in [1.54, 1.807) is 12.3 Å². The molecule has 2 rings (SSSR count). The Morgan fingerprint density at radius 3 is 3.27 bits per heavy atom. The van der Waals surface area contributed by atoms with E-state index in [0.717, 1.165) is 6.61 Å². The lowest BCUT2D eigenvalue weighted by molar-refractivity contribution is 0.255. The summed E-state index contributed by atoms with van der Waals surface area (Å²) >= 11 is 0. The van der Waals surface area contributed by atoms with Gasteiger partial charge in [-0.05, 0) is 0 Å². The van der Waals surface area contributed by atoms with Crippen molar-refractivity contribution in [2.75, 3.05) is 13.2 Å². The highest BCUT2D eigenvalue weighted by Crippen LogP contribution is 2.10. The van der Waals surface area contributed by atoms with Gasteiger partial charge >= 0.3 is 0 Å². The molecule has 4 heteroatoms. The van der Waals surface area contributed by atoms with Crippen LogP contribution in [0.3, 0.4) is 0 Å². The summed E-state index contributed by atoms with van der Waals surface area (Å²) in [4.78, 5) is 7.66. The molecular formula is C7H8N2O2. The van der Waals surface area contributed by atoms with Gasteiger partial charge in [0.15, 0.2) is 0 Å². The fraction of sp³-hybridized carbons (Fsp3) is 0.429. The van der Waals surface area contributed by atoms with E-state index in [1.807, 2.05) is 0 Å². The molecule has 2 heterocycles. The first kappa shape index (κ1) is 6.54. The van der Waals surface area contributed by atoms with Crippen molar-refractivity contribution < 1.29 is 9.47 Å². The van der Waals surface area contributed by atoms with Crippen LogP contribution < -0.4 is 4.74 Å². The minimum absolute atomic E-state index is 0.282. The van der Waals surface area contributed by atoms with Gasteiger partial charge in [-0.25, -0.2) is 9.97 Å². The molecule has 0 spiro atoms. The fourth-order valence-electron chi connectivity index (χ4n) is 0.707. The molecule has 1 fully saturated rings. The predicted octanol–water partition coefficient (Wildman–Crippen LogP) is 0.254. The van der Waals surface area contributed by atoms with Crippen LogP contribution in [0.5, 0.6) is 5.88 Å². The zero-order valence-electron chi connectivity index (χ0n) is 5.93. The second kappa shape index (κ2) is 2.84. The summed E-state index contributed by atoms with van der Waals surface area (Å²) in [5.74, 6) is 0.607. The molecule has 1 saturated heterocycles. The fourth-order valence-corrected chi connectivity index (χ4v) is 0.707. The van der Waals surface area contributed by atoms with E-state index < -0.39 is 0 Å². The van der Waals surface area contributed by atoms with Gasteiger partial charge < -0.3 is 9.47 Å². The van der Waals surface area contributed by atoms with Crippen molar-refractivity contribution in [3.8, 4) is 5.88 Å². The molecule has 1 aliphatic rings. The van der Waals surface area contributed by atoms with E-state index in [-0.39, 0.29) is 6.10 Å². The van der Waals surface area contributed by atoms with Crippen molar-refractivity contribution in [3.05, 3.63) is 18.6 Å². The van der Waals surface area contributed by atoms with Crippen LogP contribution in [0.25, 0.3) is 0 Å². The second-order valence-corrected chi connectivity index (χ2v) is 2.31. The first-order valence-corrected chi connectivity index (χ1v) is 3.45. The molecule has 1 aromatic heterocycles. The number of nitrogens with zero attached hydrogens (tertiary/aromatic N) is 2. The lowest BCUT2D eigenvalue weighted by Gasteiger charge is -1.99. The molecule has 0 radical (unpaired) electrons. The zero-order valence-corrected chi connectivity index (χ0v) is 5.93. The predicted molar refractivity (Wildman–Crippen MR) is 37.3 cm³/mol. The van der Waals surface area contributed by atoms with Crippen LogP contribution in [-0.4, -0.2) is 29.3 Å². The molecule has 11 heavy (non-hydrogen) atoms. The Morgan fingerprint density at radius 2 is 2.64 bits per heavy atom. The van der Waals surface area contributed by atoms with Gasteiger partial charge in [0.2, 0.25) is 5.88 Å². The number of hydrogen-bond donors (Lipinski definition) is 0. The average Bonchev–Trinajstić information content (AvgIpc) is 2.86. The van der Waals surface area contributed by atoms with E-state index in [9.17, 15) is 0 Å². The van der Waals surface area contributed by atoms with Gasteiger partial charge in [0.1, 0.15) is 19.0 Å². The Labute approximate surface area is 64.2 Å². The lowest BCUT2D eigenvalue weighted by Crippen LogP contribution is -2.04. The van der Waals surface area contributed by atoms with Crippen molar-refractivity contribution in [2.24, 2.45) is 0 Å². The Hall–Kier alpha value is -1.16. The molecule has 58 valence electrons. The van der Waals surface area contributed by atoms with Gasteiger partial charge in [-0.15, -0.1) is 0 Å². The molecule has 1 aliphatic heterocycles. The van der Waals surface area contributed by atoms with Crippen LogP contribution in [0.15, 0.2) is 18.6 Å². The van der Waals surface area contributed by atoms with Gasteiger partial charge in [-0.3, -0.25) is 0 Å². The van der Waals surface area contributed by atoms with Gasteiger partial charge in [-0.1, -0.05) is 0 Å². The smallest absolute Gasteiger partial charge is 0.216 e. The van der Waals surface area contributed by atoms with E-state index in [1.165, 1.54) is 6.33 Å². The number of ether oxygens (including phenoxy) is 2. The van der Waals surface area contributed by atoms with Crippen molar-refractivity contribution >= 4 is 0 Å². The average molecular weight is 152 g/mol. The Balaban J connectivity index is 1.85. The molecule has 0 N–H and O–H groups in total. The van der Waals surface area contributed by atoms with Gasteiger partial charge in [0.25, 0.3) is 0 Å². The minimum Gasteiger partial charge on any atom is -0.475 e. The van der Waals surface area contributed by atoms with Crippen LogP contribution in [0.4, 0.5) is 0 Å². The summed E-state index contributed by atoms with van der Waals surface area (Å²) in [7, 11) is 0. The second-order valence-electron chi connectivity index (χ2n) is 2.31. The molecule has 0 bridgehead atoms. The highest BCUT2D eigenvalue weighted by molar-refractivity contribution is 5.04. The van der Waals surface area contributed by atoms with Gasteiger partial charge in [0, 0.05) is 12.3 Å². The summed E-state index contributed by atoms with van der Waals surface area (Å²) in [6.07, 6.45) is 3.39. The van der Waals surface area contributed by atoms with Crippen LogP contribution in [0, 0.1) is 0 Å². The summed E-state index contributed by atoms with van der Waals surface area (Å²) in [5, 5.41) is 0. The normalized spacial score (nSPS) is 21.3. The van der Waals surface area contributed by atoms with E-state index >= 15 is 0 Å². The molecule has 1 aromatic rings. The number of aromatic nitrogens is 2. The maximum Gasteiger partial charge on any atom is 0.216 e. The van der Waals surface area contributed by atoms with Crippen molar-refractivity contribution in [1.82, 2.24) is 9.97 Å². The molecular weight excluding hydrogens is 144 g/mol. The molecule has 0 saturated carbocycles. The SMILES string of the molecule is c1cc(OCC2CO2)ncn1. The van der Waals surface area contributed by atoms with Gasteiger partial charge in [-0.2, -0.15) is 0 Å². The third-order valence-electron chi connectivity index (χ3n) is 1.37. The number of hydrogen-bond acceptors (Lipinski definition) is 4. The molecule has 1 unspecified atom stereocenters. The van der Waals surface area contributed by atoms with Crippen LogP contribution in [0.1, 0.15) is 0 Å². The third kappa shape index (κ3) is 1.88. The largest absolute Gasteiger partial charge is 0.475 e. The maximum atomic E-state index is 5.25. The quantitative estimate of drug-likeness (QED) is 0.582. The zero-order chi connectivity index (χ0) is 7.52. The first-order valence-electron chi connectivity index (χ1n) is 3.45. The summed E-state index contributed by atoms with van der Waals surface area (Å²) < 4.78 is 10.2. The monoisotopic (exact) mass is 152 g/mol. The molecule has 1 atom stereocenters. The Bertz CT molecular complexity index is 223. The van der Waals surface area contributed by atoms with E-state index in [0.29, 0.717) is 12.5 Å². The highest BCUT2D eigenvalue weighted by Gasteiger charge is 2.23. The van der Waals surface area contributed by atoms with Crippen molar-refractivity contribution in [3.63, 3.8) is 0 Å². The Morgan fingerprint density at radius 1 is 1.73 bits per heavy atom. The third-order valence-corrected chi connectivity index (χ3v) is 1.37. The van der Waals surface area contributed by atoms with Crippen LogP contribution >= 0.6 is 0 Å². The van der Waals surface area contributed by atoms with E-state index in [4.69, 9.17) is 9.47 Å². The number of rotatable bonds is 3. The first-order chi connectivity index (χ1) is 5.45. The molecule has 4 nitrogen and oxygen atoms in total. The van der Waals surface area contributed by atoms with E-state index in [2.05, 4.69) is 9.97 Å². The van der Waals surface area contributed by atoms with Crippen LogP contribution in [-0.2, 0) is 4.74 Å².